The molecule has 0 aliphatic rings. The number of hydrogen-bond donors (Lipinski definition) is 2. The summed E-state index contributed by atoms with van der Waals surface area (Å²) in [6.07, 6.45) is -3.12. The number of aromatic nitrogens is 2. The largest absolute Gasteiger partial charge is 0.408 e. The summed E-state index contributed by atoms with van der Waals surface area (Å²) in [6.45, 7) is 4.51. The van der Waals surface area contributed by atoms with Gasteiger partial charge in [0.05, 0.1) is 0 Å². The summed E-state index contributed by atoms with van der Waals surface area (Å²) >= 11 is 0. The molecule has 0 spiro atoms. The van der Waals surface area contributed by atoms with Gasteiger partial charge in [-0.25, -0.2) is 0 Å². The van der Waals surface area contributed by atoms with Crippen LogP contribution < -0.4 is 10.6 Å². The molecule has 0 saturated heterocycles. The first-order valence-electron chi connectivity index (χ1n) is 7.92. The van der Waals surface area contributed by atoms with Crippen molar-refractivity contribution in [1.29, 1.82) is 0 Å². The predicted molar refractivity (Wildman–Crippen MR) is 90.5 cm³/mol. The van der Waals surface area contributed by atoms with Gasteiger partial charge in [0.1, 0.15) is 18.4 Å². The number of amides is 1. The Kier molecular flexibility index (Phi) is 5.71. The Balaban J connectivity index is 1.99. The van der Waals surface area contributed by atoms with E-state index >= 15 is 0 Å². The lowest BCUT2D eigenvalue weighted by atomic mass is 10.0. The van der Waals surface area contributed by atoms with Crippen LogP contribution in [-0.2, 0) is 11.3 Å². The van der Waals surface area contributed by atoms with Crippen molar-refractivity contribution in [3.63, 3.8) is 0 Å². The standard InChI is InChI=1S/C17H21F3N4O/c1-11(2)13-6-4-5-7-14(13)22-16(25)12(3)21-15-8-9-24(23-15)10-17(18,19)20/h4-9,11-12H,10H2,1-3H3,(H,21,23)(H,22,25)/t12-/m1/s1. The Labute approximate surface area is 144 Å². The van der Waals surface area contributed by atoms with Crippen LogP contribution >= 0.6 is 0 Å². The highest BCUT2D eigenvalue weighted by atomic mass is 19.4. The fraction of sp³-hybridized carbons (Fsp3) is 0.412. The number of benzene rings is 1. The number of para-hydroxylation sites is 1. The quantitative estimate of drug-likeness (QED) is 0.824. The second kappa shape index (κ2) is 7.58. The van der Waals surface area contributed by atoms with Crippen molar-refractivity contribution in [2.24, 2.45) is 0 Å². The van der Waals surface area contributed by atoms with Crippen molar-refractivity contribution >= 4 is 17.4 Å². The van der Waals surface area contributed by atoms with Crippen LogP contribution in [0.3, 0.4) is 0 Å². The first-order valence-corrected chi connectivity index (χ1v) is 7.92. The van der Waals surface area contributed by atoms with Crippen LogP contribution in [0.2, 0.25) is 0 Å². The minimum atomic E-state index is -4.34. The van der Waals surface area contributed by atoms with E-state index in [4.69, 9.17) is 0 Å². The minimum absolute atomic E-state index is 0.212. The predicted octanol–water partition coefficient (Wildman–Crippen LogP) is 4.01. The van der Waals surface area contributed by atoms with Gasteiger partial charge in [-0.05, 0) is 24.5 Å². The molecule has 136 valence electrons. The fourth-order valence-electron chi connectivity index (χ4n) is 2.35. The first kappa shape index (κ1) is 18.8. The van der Waals surface area contributed by atoms with E-state index in [0.29, 0.717) is 0 Å². The van der Waals surface area contributed by atoms with Gasteiger partial charge >= 0.3 is 6.18 Å². The van der Waals surface area contributed by atoms with E-state index in [2.05, 4.69) is 15.7 Å². The molecular formula is C17H21F3N4O. The van der Waals surface area contributed by atoms with Gasteiger partial charge in [0.25, 0.3) is 0 Å². The highest BCUT2D eigenvalue weighted by Gasteiger charge is 2.28. The molecule has 8 heteroatoms. The van der Waals surface area contributed by atoms with Gasteiger partial charge in [0, 0.05) is 18.0 Å². The summed E-state index contributed by atoms with van der Waals surface area (Å²) in [6, 6.07) is 8.24. The van der Waals surface area contributed by atoms with Crippen LogP contribution in [0.15, 0.2) is 36.5 Å². The van der Waals surface area contributed by atoms with E-state index in [9.17, 15) is 18.0 Å². The number of nitrogens with one attached hydrogen (secondary N) is 2. The smallest absolute Gasteiger partial charge is 0.357 e. The second-order valence-corrected chi connectivity index (χ2v) is 6.11. The number of hydrogen-bond acceptors (Lipinski definition) is 3. The lowest BCUT2D eigenvalue weighted by Gasteiger charge is -2.17. The van der Waals surface area contributed by atoms with E-state index in [1.54, 1.807) is 6.92 Å². The molecule has 2 rings (SSSR count). The molecule has 1 aromatic heterocycles. The molecule has 0 radical (unpaired) electrons. The molecular weight excluding hydrogens is 333 g/mol. The Bertz CT molecular complexity index is 725. The van der Waals surface area contributed by atoms with Crippen LogP contribution in [0.5, 0.6) is 0 Å². The van der Waals surface area contributed by atoms with Gasteiger partial charge in [0.15, 0.2) is 0 Å². The normalized spacial score (nSPS) is 12.9. The Hall–Kier alpha value is -2.51. The molecule has 2 aromatic rings. The summed E-state index contributed by atoms with van der Waals surface area (Å²) in [4.78, 5) is 12.3. The Morgan fingerprint density at radius 1 is 1.20 bits per heavy atom. The molecule has 0 bridgehead atoms. The third kappa shape index (κ3) is 5.51. The molecule has 0 aliphatic heterocycles. The average Bonchev–Trinajstić information content (AvgIpc) is 2.92. The Morgan fingerprint density at radius 2 is 1.88 bits per heavy atom. The van der Waals surface area contributed by atoms with Crippen LogP contribution in [0.1, 0.15) is 32.3 Å². The van der Waals surface area contributed by atoms with Crippen molar-refractivity contribution in [2.75, 3.05) is 10.6 Å². The van der Waals surface area contributed by atoms with E-state index in [0.717, 1.165) is 15.9 Å². The zero-order chi connectivity index (χ0) is 18.6. The molecule has 1 aromatic carbocycles. The summed E-state index contributed by atoms with van der Waals surface area (Å²) in [5, 5.41) is 9.42. The molecule has 25 heavy (non-hydrogen) atoms. The molecule has 0 fully saturated rings. The maximum atomic E-state index is 12.3. The van der Waals surface area contributed by atoms with Crippen LogP contribution in [0, 0.1) is 0 Å². The zero-order valence-electron chi connectivity index (χ0n) is 14.3. The second-order valence-electron chi connectivity index (χ2n) is 6.11. The van der Waals surface area contributed by atoms with Crippen molar-refractivity contribution < 1.29 is 18.0 Å². The highest BCUT2D eigenvalue weighted by Crippen LogP contribution is 2.24. The van der Waals surface area contributed by atoms with Gasteiger partial charge in [-0.3, -0.25) is 9.48 Å². The number of nitrogens with zero attached hydrogens (tertiary/aromatic N) is 2. The van der Waals surface area contributed by atoms with E-state index in [1.165, 1.54) is 12.3 Å². The maximum Gasteiger partial charge on any atom is 0.408 e. The Morgan fingerprint density at radius 3 is 2.52 bits per heavy atom. The van der Waals surface area contributed by atoms with Gasteiger partial charge in [0.2, 0.25) is 5.91 Å². The van der Waals surface area contributed by atoms with Crippen molar-refractivity contribution in [3.8, 4) is 0 Å². The van der Waals surface area contributed by atoms with Gasteiger partial charge in [-0.1, -0.05) is 32.0 Å². The number of alkyl halides is 3. The zero-order valence-corrected chi connectivity index (χ0v) is 14.3. The summed E-state index contributed by atoms with van der Waals surface area (Å²) < 4.78 is 37.8. The van der Waals surface area contributed by atoms with E-state index < -0.39 is 18.8 Å². The van der Waals surface area contributed by atoms with Crippen molar-refractivity contribution in [1.82, 2.24) is 9.78 Å². The molecule has 0 aliphatic carbocycles. The van der Waals surface area contributed by atoms with E-state index in [-0.39, 0.29) is 17.6 Å². The van der Waals surface area contributed by atoms with Gasteiger partial charge in [-0.15, -0.1) is 0 Å². The van der Waals surface area contributed by atoms with Crippen LogP contribution in [0.4, 0.5) is 24.7 Å². The molecule has 0 unspecified atom stereocenters. The third-order valence-electron chi connectivity index (χ3n) is 3.58. The van der Waals surface area contributed by atoms with Gasteiger partial charge < -0.3 is 10.6 Å². The third-order valence-corrected chi connectivity index (χ3v) is 3.58. The van der Waals surface area contributed by atoms with Crippen molar-refractivity contribution in [3.05, 3.63) is 42.1 Å². The number of halogens is 3. The number of carbonyl (C=O) groups excluding carboxylic acids is 1. The lowest BCUT2D eigenvalue weighted by molar-refractivity contribution is -0.142. The summed E-state index contributed by atoms with van der Waals surface area (Å²) in [5.41, 5.74) is 1.73. The van der Waals surface area contributed by atoms with Crippen molar-refractivity contribution in [2.45, 2.75) is 45.5 Å². The number of rotatable bonds is 6. The summed E-state index contributed by atoms with van der Waals surface area (Å²) in [7, 11) is 0. The highest BCUT2D eigenvalue weighted by molar-refractivity contribution is 5.96. The number of anilines is 2. The summed E-state index contributed by atoms with van der Waals surface area (Å²) in [5.74, 6) is 0.167. The van der Waals surface area contributed by atoms with Crippen LogP contribution in [0.25, 0.3) is 0 Å². The topological polar surface area (TPSA) is 59.0 Å². The SMILES string of the molecule is CC(C)c1ccccc1NC(=O)[C@@H](C)Nc1ccn(CC(F)(F)F)n1. The maximum absolute atomic E-state index is 12.3. The lowest BCUT2D eigenvalue weighted by Crippen LogP contribution is -2.32. The molecule has 1 amide bonds. The first-order chi connectivity index (χ1) is 11.7. The van der Waals surface area contributed by atoms with E-state index in [1.807, 2.05) is 38.1 Å². The van der Waals surface area contributed by atoms with Crippen LogP contribution in [-0.4, -0.2) is 27.9 Å². The van der Waals surface area contributed by atoms with Gasteiger partial charge in [-0.2, -0.15) is 18.3 Å². The molecule has 2 N–H and O–H groups in total. The molecule has 5 nitrogen and oxygen atoms in total. The monoisotopic (exact) mass is 354 g/mol. The number of carbonyl (C=O) groups is 1. The minimum Gasteiger partial charge on any atom is -0.357 e. The molecule has 0 saturated carbocycles. The fourth-order valence-corrected chi connectivity index (χ4v) is 2.35. The molecule has 1 heterocycles. The molecule has 1 atom stereocenters. The average molecular weight is 354 g/mol.